The molecule has 0 N–H and O–H groups in total. The number of alkyl halides is 1. The minimum Gasteiger partial charge on any atom is -0.444 e. The van der Waals surface area contributed by atoms with Crippen molar-refractivity contribution < 1.29 is 18.7 Å². The van der Waals surface area contributed by atoms with Crippen molar-refractivity contribution in [1.82, 2.24) is 19.9 Å². The molecule has 1 fully saturated rings. The predicted molar refractivity (Wildman–Crippen MR) is 71.7 cm³/mol. The zero-order valence-electron chi connectivity index (χ0n) is 12.4. The second-order valence-electron chi connectivity index (χ2n) is 6.26. The third-order valence-electron chi connectivity index (χ3n) is 3.08. The summed E-state index contributed by atoms with van der Waals surface area (Å²) in [6, 6.07) is 0. The van der Waals surface area contributed by atoms with Gasteiger partial charge in [-0.25, -0.2) is 13.9 Å². The largest absolute Gasteiger partial charge is 0.444 e. The van der Waals surface area contributed by atoms with Crippen molar-refractivity contribution in [3.63, 3.8) is 0 Å². The lowest BCUT2D eigenvalue weighted by atomic mass is 10.1. The number of amides is 1. The monoisotopic (exact) mass is 298 g/mol. The van der Waals surface area contributed by atoms with Crippen molar-refractivity contribution in [1.29, 1.82) is 0 Å². The van der Waals surface area contributed by atoms with Crippen LogP contribution in [0.2, 0.25) is 0 Å². The summed E-state index contributed by atoms with van der Waals surface area (Å²) in [7, 11) is 0. The molecule has 0 aromatic carbocycles. The highest BCUT2D eigenvalue weighted by molar-refractivity contribution is 5.70. The Morgan fingerprint density at radius 1 is 1.57 bits per heavy atom. The van der Waals surface area contributed by atoms with E-state index in [1.54, 1.807) is 20.8 Å². The van der Waals surface area contributed by atoms with Crippen LogP contribution < -0.4 is 0 Å². The van der Waals surface area contributed by atoms with E-state index >= 15 is 0 Å². The van der Waals surface area contributed by atoms with Gasteiger partial charge in [0.15, 0.2) is 6.29 Å². The molecule has 1 aliphatic heterocycles. The molecule has 8 heteroatoms. The molecule has 0 saturated carbocycles. The number of hydrogen-bond acceptors (Lipinski definition) is 5. The van der Waals surface area contributed by atoms with E-state index < -0.39 is 17.4 Å². The molecule has 0 spiro atoms. The highest BCUT2D eigenvalue weighted by Gasteiger charge is 2.42. The molecule has 1 unspecified atom stereocenters. The molecular weight excluding hydrogens is 279 g/mol. The van der Waals surface area contributed by atoms with Gasteiger partial charge in [-0.15, -0.1) is 5.10 Å². The van der Waals surface area contributed by atoms with E-state index in [0.29, 0.717) is 12.8 Å². The van der Waals surface area contributed by atoms with Crippen LogP contribution in [-0.2, 0) is 11.3 Å². The third-order valence-corrected chi connectivity index (χ3v) is 3.08. The first-order valence-corrected chi connectivity index (χ1v) is 6.73. The highest BCUT2D eigenvalue weighted by atomic mass is 19.1. The van der Waals surface area contributed by atoms with Gasteiger partial charge in [-0.05, 0) is 20.8 Å². The maximum Gasteiger partial charge on any atom is 0.410 e. The van der Waals surface area contributed by atoms with Crippen molar-refractivity contribution in [2.75, 3.05) is 13.1 Å². The number of aldehydes is 1. The smallest absolute Gasteiger partial charge is 0.410 e. The number of aromatic nitrogens is 3. The summed E-state index contributed by atoms with van der Waals surface area (Å²) in [5, 5.41) is 7.27. The van der Waals surface area contributed by atoms with Crippen LogP contribution in [0.25, 0.3) is 0 Å². The molecule has 1 atom stereocenters. The lowest BCUT2D eigenvalue weighted by Gasteiger charge is -2.25. The molecule has 116 valence electrons. The molecule has 1 amide bonds. The van der Waals surface area contributed by atoms with Crippen molar-refractivity contribution in [2.24, 2.45) is 0 Å². The van der Waals surface area contributed by atoms with Gasteiger partial charge in [0.2, 0.25) is 0 Å². The van der Waals surface area contributed by atoms with E-state index in [1.807, 2.05) is 0 Å². The summed E-state index contributed by atoms with van der Waals surface area (Å²) in [6.07, 6.45) is 1.61. The normalized spacial score (nSPS) is 22.4. The minimum absolute atomic E-state index is 0.0485. The number of likely N-dealkylation sites (tertiary alicyclic amines) is 1. The number of nitrogens with zero attached hydrogens (tertiary/aromatic N) is 4. The van der Waals surface area contributed by atoms with Gasteiger partial charge in [0.1, 0.15) is 17.0 Å². The SMILES string of the molecule is CC(C)(C)OC(=O)N1CCC(F)(Cn2cc(C=O)nn2)C1. The zero-order valence-corrected chi connectivity index (χ0v) is 12.4. The summed E-state index contributed by atoms with van der Waals surface area (Å²) in [5.41, 5.74) is -2.05. The summed E-state index contributed by atoms with van der Waals surface area (Å²) < 4.78 is 21.2. The number of halogens is 1. The Balaban J connectivity index is 1.96. The molecule has 1 aromatic rings. The standard InChI is InChI=1S/C13H19FN4O3/c1-12(2,3)21-11(20)17-5-4-13(14,8-17)9-18-6-10(7-19)15-16-18/h6-7H,4-5,8-9H2,1-3H3. The van der Waals surface area contributed by atoms with Crippen molar-refractivity contribution in [3.05, 3.63) is 11.9 Å². The number of rotatable bonds is 3. The van der Waals surface area contributed by atoms with Crippen LogP contribution in [0, 0.1) is 0 Å². The molecule has 2 rings (SSSR count). The van der Waals surface area contributed by atoms with Crippen molar-refractivity contribution >= 4 is 12.4 Å². The maximum atomic E-state index is 14.7. The Morgan fingerprint density at radius 2 is 2.29 bits per heavy atom. The molecule has 1 aromatic heterocycles. The minimum atomic E-state index is -1.59. The lowest BCUT2D eigenvalue weighted by molar-refractivity contribution is 0.0248. The van der Waals surface area contributed by atoms with Crippen molar-refractivity contribution in [3.8, 4) is 0 Å². The van der Waals surface area contributed by atoms with Gasteiger partial charge >= 0.3 is 6.09 Å². The summed E-state index contributed by atoms with van der Waals surface area (Å²) in [6.45, 7) is 5.48. The summed E-state index contributed by atoms with van der Waals surface area (Å²) in [4.78, 5) is 23.8. The summed E-state index contributed by atoms with van der Waals surface area (Å²) >= 11 is 0. The van der Waals surface area contributed by atoms with Gasteiger partial charge in [0, 0.05) is 13.0 Å². The van der Waals surface area contributed by atoms with E-state index in [2.05, 4.69) is 10.3 Å². The van der Waals surface area contributed by atoms with E-state index in [0.717, 1.165) is 0 Å². The first-order chi connectivity index (χ1) is 9.71. The molecule has 1 aliphatic rings. The molecule has 0 bridgehead atoms. The van der Waals surface area contributed by atoms with Gasteiger partial charge < -0.3 is 9.64 Å². The number of ether oxygens (including phenoxy) is 1. The fraction of sp³-hybridized carbons (Fsp3) is 0.692. The fourth-order valence-corrected chi connectivity index (χ4v) is 2.18. The molecular formula is C13H19FN4O3. The van der Waals surface area contributed by atoms with E-state index in [1.165, 1.54) is 15.8 Å². The Kier molecular flexibility index (Phi) is 3.97. The third kappa shape index (κ3) is 3.99. The fourth-order valence-electron chi connectivity index (χ4n) is 2.18. The topological polar surface area (TPSA) is 77.3 Å². The molecule has 0 aliphatic carbocycles. The number of carbonyl (C=O) groups excluding carboxylic acids is 2. The zero-order chi connectivity index (χ0) is 15.7. The molecule has 7 nitrogen and oxygen atoms in total. The van der Waals surface area contributed by atoms with E-state index in [-0.39, 0.29) is 25.2 Å². The van der Waals surface area contributed by atoms with Gasteiger partial charge in [-0.1, -0.05) is 5.21 Å². The quantitative estimate of drug-likeness (QED) is 0.789. The molecule has 21 heavy (non-hydrogen) atoms. The molecule has 2 heterocycles. The lowest BCUT2D eigenvalue weighted by Crippen LogP contribution is -2.39. The van der Waals surface area contributed by atoms with Crippen LogP contribution in [-0.4, -0.2) is 56.6 Å². The maximum absolute atomic E-state index is 14.7. The van der Waals surface area contributed by atoms with Crippen LogP contribution >= 0.6 is 0 Å². The molecule has 1 saturated heterocycles. The average Bonchev–Trinajstić information content (AvgIpc) is 2.94. The predicted octanol–water partition coefficient (Wildman–Crippen LogP) is 1.44. The van der Waals surface area contributed by atoms with Crippen LogP contribution in [0.1, 0.15) is 37.7 Å². The Labute approximate surface area is 122 Å². The van der Waals surface area contributed by atoms with Crippen LogP contribution in [0.5, 0.6) is 0 Å². The Hall–Kier alpha value is -1.99. The van der Waals surface area contributed by atoms with Crippen LogP contribution in [0.15, 0.2) is 6.20 Å². The second-order valence-corrected chi connectivity index (χ2v) is 6.26. The van der Waals surface area contributed by atoms with Gasteiger partial charge in [-0.3, -0.25) is 4.79 Å². The Bertz CT molecular complexity index is 540. The average molecular weight is 298 g/mol. The first-order valence-electron chi connectivity index (χ1n) is 6.73. The van der Waals surface area contributed by atoms with Crippen LogP contribution in [0.4, 0.5) is 9.18 Å². The van der Waals surface area contributed by atoms with Crippen LogP contribution in [0.3, 0.4) is 0 Å². The van der Waals surface area contributed by atoms with Gasteiger partial charge in [0.25, 0.3) is 0 Å². The van der Waals surface area contributed by atoms with Crippen molar-refractivity contribution in [2.45, 2.75) is 45.0 Å². The second kappa shape index (κ2) is 5.42. The van der Waals surface area contributed by atoms with E-state index in [9.17, 15) is 14.0 Å². The highest BCUT2D eigenvalue weighted by Crippen LogP contribution is 2.28. The van der Waals surface area contributed by atoms with Gasteiger partial charge in [0.05, 0.1) is 19.3 Å². The molecule has 0 radical (unpaired) electrons. The van der Waals surface area contributed by atoms with Gasteiger partial charge in [-0.2, -0.15) is 0 Å². The number of carbonyl (C=O) groups is 2. The Morgan fingerprint density at radius 3 is 2.86 bits per heavy atom. The number of hydrogen-bond donors (Lipinski definition) is 0. The summed E-state index contributed by atoms with van der Waals surface area (Å²) in [5.74, 6) is 0. The van der Waals surface area contributed by atoms with E-state index in [4.69, 9.17) is 4.74 Å². The first kappa shape index (κ1) is 15.4.